The molecule has 3 heterocycles. The zero-order valence-electron chi connectivity index (χ0n) is 19.2. The second kappa shape index (κ2) is 10.4. The summed E-state index contributed by atoms with van der Waals surface area (Å²) >= 11 is 5.71. The fraction of sp³-hybridized carbons (Fsp3) is 0.261. The van der Waals surface area contributed by atoms with Crippen LogP contribution in [-0.2, 0) is 12.7 Å². The molecule has 15 heteroatoms. The number of benzene rings is 1. The number of hydrogen-bond donors (Lipinski definition) is 1. The van der Waals surface area contributed by atoms with Gasteiger partial charge in [0, 0.05) is 25.0 Å². The first-order chi connectivity index (χ1) is 17.9. The van der Waals surface area contributed by atoms with Gasteiger partial charge in [-0.1, -0.05) is 11.6 Å². The molecule has 38 heavy (non-hydrogen) atoms. The van der Waals surface area contributed by atoms with Gasteiger partial charge in [-0.15, -0.1) is 0 Å². The van der Waals surface area contributed by atoms with Crippen LogP contribution in [-0.4, -0.2) is 37.0 Å². The van der Waals surface area contributed by atoms with E-state index in [1.54, 1.807) is 5.10 Å². The van der Waals surface area contributed by atoms with Crippen molar-refractivity contribution >= 4 is 22.4 Å². The lowest BCUT2D eigenvalue weighted by Gasteiger charge is -2.19. The molecule has 4 rings (SSSR count). The number of halogens is 7. The molecule has 3 aromatic heterocycles. The molecule has 200 valence electrons. The molecule has 0 aliphatic heterocycles. The number of nitrogens with zero attached hydrogens (tertiary/aromatic N) is 4. The molecule has 0 radical (unpaired) electrons. The van der Waals surface area contributed by atoms with E-state index in [1.807, 2.05) is 0 Å². The zero-order valence-corrected chi connectivity index (χ0v) is 19.9. The molecule has 1 aromatic carbocycles. The normalized spacial score (nSPS) is 13.5. The van der Waals surface area contributed by atoms with E-state index in [0.717, 1.165) is 10.8 Å². The van der Waals surface area contributed by atoms with Crippen LogP contribution in [0.15, 0.2) is 46.5 Å². The lowest BCUT2D eigenvalue weighted by Crippen LogP contribution is -2.29. The maximum atomic E-state index is 14.9. The number of rotatable bonds is 7. The first kappa shape index (κ1) is 27.1. The molecule has 4 aromatic rings. The summed E-state index contributed by atoms with van der Waals surface area (Å²) in [7, 11) is 0. The molecule has 0 fully saturated rings. The Labute approximate surface area is 213 Å². The monoisotopic (exact) mass is 559 g/mol. The SMILES string of the molecule is C[C@@H](C[C@@H](F)Cn1ccc2cc(-c3ncc(Cl)cn3)c(F)c(F)c2c1=O)Oc1cn[nH]c(=O)c1C(F)(F)F. The van der Waals surface area contributed by atoms with Crippen LogP contribution in [0.3, 0.4) is 0 Å². The molecule has 0 aliphatic carbocycles. The lowest BCUT2D eigenvalue weighted by atomic mass is 10.1. The van der Waals surface area contributed by atoms with E-state index >= 15 is 0 Å². The molecule has 0 saturated heterocycles. The summed E-state index contributed by atoms with van der Waals surface area (Å²) in [4.78, 5) is 32.1. The Morgan fingerprint density at radius 2 is 1.82 bits per heavy atom. The summed E-state index contributed by atoms with van der Waals surface area (Å²) in [5.41, 5.74) is -4.49. The van der Waals surface area contributed by atoms with Crippen LogP contribution in [0.4, 0.5) is 26.3 Å². The van der Waals surface area contributed by atoms with Crippen molar-refractivity contribution in [3.8, 4) is 17.1 Å². The summed E-state index contributed by atoms with van der Waals surface area (Å²) in [5.74, 6) is -3.93. The topological polar surface area (TPSA) is 103 Å². The quantitative estimate of drug-likeness (QED) is 0.330. The van der Waals surface area contributed by atoms with Gasteiger partial charge in [0.15, 0.2) is 28.8 Å². The van der Waals surface area contributed by atoms with Crippen molar-refractivity contribution in [2.45, 2.75) is 38.3 Å². The first-order valence-electron chi connectivity index (χ1n) is 10.8. The molecule has 2 atom stereocenters. The molecule has 0 saturated carbocycles. The third kappa shape index (κ3) is 5.49. The molecule has 0 bridgehead atoms. The predicted molar refractivity (Wildman–Crippen MR) is 124 cm³/mol. The summed E-state index contributed by atoms with van der Waals surface area (Å²) in [6, 6.07) is 2.43. The van der Waals surface area contributed by atoms with Gasteiger partial charge in [-0.2, -0.15) is 18.3 Å². The van der Waals surface area contributed by atoms with Gasteiger partial charge >= 0.3 is 6.18 Å². The number of hydrogen-bond acceptors (Lipinski definition) is 6. The number of pyridine rings is 1. The molecular weight excluding hydrogens is 544 g/mol. The molecular formula is C23H16ClF6N5O3. The van der Waals surface area contributed by atoms with Gasteiger partial charge in [-0.3, -0.25) is 9.59 Å². The van der Waals surface area contributed by atoms with E-state index in [4.69, 9.17) is 16.3 Å². The Hall–Kier alpha value is -3.94. The summed E-state index contributed by atoms with van der Waals surface area (Å²) in [6.07, 6.45) is -4.40. The largest absolute Gasteiger partial charge is 0.488 e. The average molecular weight is 560 g/mol. The van der Waals surface area contributed by atoms with Crippen molar-refractivity contribution in [1.29, 1.82) is 0 Å². The highest BCUT2D eigenvalue weighted by Gasteiger charge is 2.38. The number of fused-ring (bicyclic) bond motifs is 1. The van der Waals surface area contributed by atoms with Gasteiger partial charge in [0.1, 0.15) is 6.17 Å². The van der Waals surface area contributed by atoms with E-state index in [2.05, 4.69) is 15.1 Å². The zero-order chi connectivity index (χ0) is 27.8. The molecule has 0 amide bonds. The van der Waals surface area contributed by atoms with E-state index in [1.165, 1.54) is 31.5 Å². The van der Waals surface area contributed by atoms with E-state index < -0.39 is 70.9 Å². The van der Waals surface area contributed by atoms with Crippen LogP contribution < -0.4 is 15.9 Å². The molecule has 0 spiro atoms. The van der Waals surface area contributed by atoms with Gasteiger partial charge in [-0.25, -0.2) is 28.2 Å². The Bertz CT molecular complexity index is 1610. The fourth-order valence-electron chi connectivity index (χ4n) is 3.79. The minimum absolute atomic E-state index is 0.00675. The standard InChI is InChI=1S/C23H16ClF6N5O3/c1-10(38-15-8-33-34-21(36)17(15)23(28,29)30)4-13(25)9-35-3-2-11-5-14(20-31-6-12(24)7-32-20)18(26)19(27)16(11)22(35)37/h2-3,5-8,10,13H,4,9H2,1H3,(H,34,36)/t10-,13+/m0/s1. The lowest BCUT2D eigenvalue weighted by molar-refractivity contribution is -0.140. The summed E-state index contributed by atoms with van der Waals surface area (Å²) in [6.45, 7) is 0.623. The van der Waals surface area contributed by atoms with Crippen LogP contribution in [0.25, 0.3) is 22.2 Å². The molecule has 8 nitrogen and oxygen atoms in total. The van der Waals surface area contributed by atoms with Gasteiger partial charge in [0.05, 0.1) is 34.8 Å². The van der Waals surface area contributed by atoms with Crippen molar-refractivity contribution in [3.63, 3.8) is 0 Å². The van der Waals surface area contributed by atoms with Gasteiger partial charge in [0.2, 0.25) is 0 Å². The third-order valence-corrected chi connectivity index (χ3v) is 5.62. The summed E-state index contributed by atoms with van der Waals surface area (Å²) < 4.78 is 89.9. The molecule has 0 aliphatic rings. The number of aromatic amines is 1. The van der Waals surface area contributed by atoms with Crippen molar-refractivity contribution in [2.24, 2.45) is 0 Å². The Morgan fingerprint density at radius 1 is 1.13 bits per heavy atom. The van der Waals surface area contributed by atoms with Crippen molar-refractivity contribution in [1.82, 2.24) is 24.7 Å². The highest BCUT2D eigenvalue weighted by Crippen LogP contribution is 2.33. The van der Waals surface area contributed by atoms with Crippen molar-refractivity contribution < 1.29 is 31.1 Å². The number of H-pyrrole nitrogens is 1. The van der Waals surface area contributed by atoms with E-state index in [0.29, 0.717) is 6.20 Å². The number of ether oxygens (including phenoxy) is 1. The van der Waals surface area contributed by atoms with E-state index in [-0.39, 0.29) is 21.8 Å². The Kier molecular flexibility index (Phi) is 7.44. The van der Waals surface area contributed by atoms with Gasteiger partial charge < -0.3 is 9.30 Å². The molecule has 0 unspecified atom stereocenters. The molecule has 1 N–H and O–H groups in total. The van der Waals surface area contributed by atoms with E-state index in [9.17, 15) is 35.9 Å². The van der Waals surface area contributed by atoms with Crippen LogP contribution in [0, 0.1) is 11.6 Å². The number of aromatic nitrogens is 5. The third-order valence-electron chi connectivity index (χ3n) is 5.42. The van der Waals surface area contributed by atoms with Gasteiger partial charge in [-0.05, 0) is 24.4 Å². The summed E-state index contributed by atoms with van der Waals surface area (Å²) in [5, 5.41) is 4.46. The van der Waals surface area contributed by atoms with Gasteiger partial charge in [0.25, 0.3) is 11.1 Å². The minimum Gasteiger partial charge on any atom is -0.488 e. The fourth-order valence-corrected chi connectivity index (χ4v) is 3.88. The smallest absolute Gasteiger partial charge is 0.425 e. The second-order valence-electron chi connectivity index (χ2n) is 8.21. The maximum Gasteiger partial charge on any atom is 0.425 e. The van der Waals surface area contributed by atoms with Crippen LogP contribution in [0.1, 0.15) is 18.9 Å². The van der Waals surface area contributed by atoms with Crippen LogP contribution >= 0.6 is 11.6 Å². The van der Waals surface area contributed by atoms with Crippen LogP contribution in [0.2, 0.25) is 5.02 Å². The van der Waals surface area contributed by atoms with Crippen LogP contribution in [0.5, 0.6) is 5.75 Å². The second-order valence-corrected chi connectivity index (χ2v) is 8.65. The number of alkyl halides is 4. The minimum atomic E-state index is -5.04. The Morgan fingerprint density at radius 3 is 2.47 bits per heavy atom. The highest BCUT2D eigenvalue weighted by atomic mass is 35.5. The predicted octanol–water partition coefficient (Wildman–Crippen LogP) is 4.69. The maximum absolute atomic E-state index is 14.9. The Balaban J connectivity index is 1.55. The number of nitrogens with one attached hydrogen (secondary N) is 1. The van der Waals surface area contributed by atoms with Crippen molar-refractivity contribution in [2.75, 3.05) is 0 Å². The first-order valence-corrected chi connectivity index (χ1v) is 11.2. The van der Waals surface area contributed by atoms with Crippen molar-refractivity contribution in [3.05, 3.63) is 79.8 Å². The highest BCUT2D eigenvalue weighted by molar-refractivity contribution is 6.30. The average Bonchev–Trinajstić information content (AvgIpc) is 2.82.